The zero-order valence-corrected chi connectivity index (χ0v) is 7.48. The third kappa shape index (κ3) is 1.28. The zero-order chi connectivity index (χ0) is 7.68. The van der Waals surface area contributed by atoms with Crippen LogP contribution in [0.4, 0.5) is 0 Å². The van der Waals surface area contributed by atoms with E-state index in [1.165, 1.54) is 0 Å². The van der Waals surface area contributed by atoms with Gasteiger partial charge in [-0.15, -0.1) is 0 Å². The van der Waals surface area contributed by atoms with Crippen LogP contribution in [0.5, 0.6) is 0 Å². The second kappa shape index (κ2) is 2.65. The minimum absolute atomic E-state index is 0.416. The van der Waals surface area contributed by atoms with Crippen molar-refractivity contribution in [3.05, 3.63) is 22.2 Å². The molecule has 4 nitrogen and oxygen atoms in total. The Balaban J connectivity index is 2.45. The lowest BCUT2D eigenvalue weighted by Gasteiger charge is -1.80. The van der Waals surface area contributed by atoms with E-state index in [9.17, 15) is 0 Å². The molecule has 0 aliphatic rings. The Morgan fingerprint density at radius 2 is 2.36 bits per heavy atom. The summed E-state index contributed by atoms with van der Waals surface area (Å²) in [6.45, 7) is 0. The summed E-state index contributed by atoms with van der Waals surface area (Å²) in [7, 11) is 0. The van der Waals surface area contributed by atoms with E-state index in [-0.39, 0.29) is 0 Å². The van der Waals surface area contributed by atoms with Crippen LogP contribution in [0.3, 0.4) is 0 Å². The Morgan fingerprint density at radius 3 is 2.91 bits per heavy atom. The van der Waals surface area contributed by atoms with Gasteiger partial charge in [-0.1, -0.05) is 5.16 Å². The Hall–Kier alpha value is -0.850. The first-order chi connectivity index (χ1) is 5.36. The van der Waals surface area contributed by atoms with Crippen LogP contribution < -0.4 is 0 Å². The van der Waals surface area contributed by atoms with Gasteiger partial charge in [0.25, 0.3) is 5.89 Å². The lowest BCUT2D eigenvalue weighted by molar-refractivity contribution is 0.411. The number of halogens is 1. The van der Waals surface area contributed by atoms with Crippen molar-refractivity contribution >= 4 is 22.6 Å². The third-order valence-electron chi connectivity index (χ3n) is 1.13. The van der Waals surface area contributed by atoms with Crippen LogP contribution >= 0.6 is 22.6 Å². The number of hydrogen-bond donors (Lipinski definition) is 0. The molecule has 0 bridgehead atoms. The number of rotatable bonds is 1. The summed E-state index contributed by atoms with van der Waals surface area (Å²) in [4.78, 5) is 3.97. The molecule has 0 aliphatic carbocycles. The van der Waals surface area contributed by atoms with Gasteiger partial charge in [-0.3, -0.25) is 0 Å². The lowest BCUT2D eigenvalue weighted by atomic mass is 10.4. The van der Waals surface area contributed by atoms with Gasteiger partial charge in [-0.2, -0.15) is 4.98 Å². The first-order valence-corrected chi connectivity index (χ1v) is 3.97. The van der Waals surface area contributed by atoms with E-state index in [4.69, 9.17) is 8.94 Å². The first-order valence-electron chi connectivity index (χ1n) is 2.89. The van der Waals surface area contributed by atoms with Gasteiger partial charge in [0.2, 0.25) is 3.83 Å². The normalized spacial score (nSPS) is 10.3. The van der Waals surface area contributed by atoms with Gasteiger partial charge in [-0.05, 0) is 12.1 Å². The fourth-order valence-corrected chi connectivity index (χ4v) is 1.02. The predicted octanol–water partition coefficient (Wildman–Crippen LogP) is 1.93. The van der Waals surface area contributed by atoms with E-state index < -0.39 is 0 Å². The van der Waals surface area contributed by atoms with Gasteiger partial charge in [0.05, 0.1) is 6.26 Å². The summed E-state index contributed by atoms with van der Waals surface area (Å²) < 4.78 is 10.5. The fraction of sp³-hybridized carbons (Fsp3) is 0. The van der Waals surface area contributed by atoms with Crippen molar-refractivity contribution in [1.82, 2.24) is 10.1 Å². The van der Waals surface area contributed by atoms with Gasteiger partial charge >= 0.3 is 0 Å². The van der Waals surface area contributed by atoms with Crippen LogP contribution in [-0.2, 0) is 0 Å². The fourth-order valence-electron chi connectivity index (χ4n) is 0.706. The maximum atomic E-state index is 5.03. The molecule has 2 rings (SSSR count). The van der Waals surface area contributed by atoms with Crippen molar-refractivity contribution in [2.75, 3.05) is 0 Å². The van der Waals surface area contributed by atoms with E-state index in [0.717, 1.165) is 0 Å². The molecule has 0 N–H and O–H groups in total. The third-order valence-corrected chi connectivity index (χ3v) is 1.57. The summed E-state index contributed by atoms with van der Waals surface area (Å²) in [5.74, 6) is 1.01. The Kier molecular flexibility index (Phi) is 1.65. The molecule has 2 heterocycles. The molecule has 0 spiro atoms. The highest BCUT2D eigenvalue weighted by Gasteiger charge is 2.07. The maximum Gasteiger partial charge on any atom is 0.294 e. The smallest absolute Gasteiger partial charge is 0.294 e. The number of hydrogen-bond acceptors (Lipinski definition) is 4. The van der Waals surface area contributed by atoms with Crippen LogP contribution in [-0.4, -0.2) is 10.1 Å². The second-order valence-electron chi connectivity index (χ2n) is 1.85. The Labute approximate surface area is 75.7 Å². The van der Waals surface area contributed by atoms with Crippen molar-refractivity contribution < 1.29 is 8.94 Å². The van der Waals surface area contributed by atoms with E-state index in [0.29, 0.717) is 15.5 Å². The summed E-state index contributed by atoms with van der Waals surface area (Å²) in [6, 6.07) is 3.54. The number of furan rings is 1. The van der Waals surface area contributed by atoms with Crippen molar-refractivity contribution in [3.8, 4) is 11.7 Å². The Bertz CT molecular complexity index is 341. The quantitative estimate of drug-likeness (QED) is 0.737. The largest absolute Gasteiger partial charge is 0.459 e. The molecule has 0 aromatic carbocycles. The number of nitrogens with zero attached hydrogens (tertiary/aromatic N) is 2. The minimum atomic E-state index is 0.416. The molecule has 0 aliphatic heterocycles. The van der Waals surface area contributed by atoms with Crippen LogP contribution in [0.25, 0.3) is 11.7 Å². The first kappa shape index (κ1) is 6.84. The summed E-state index contributed by atoms with van der Waals surface area (Å²) in [5.41, 5.74) is 0. The van der Waals surface area contributed by atoms with Crippen LogP contribution in [0.2, 0.25) is 0 Å². The molecular formula is C6H3IN2O2. The van der Waals surface area contributed by atoms with Gasteiger partial charge in [0, 0.05) is 22.6 Å². The van der Waals surface area contributed by atoms with Gasteiger partial charge in [0.15, 0.2) is 5.76 Å². The monoisotopic (exact) mass is 262 g/mol. The molecule has 0 fully saturated rings. The summed E-state index contributed by atoms with van der Waals surface area (Å²) in [5, 5.41) is 3.61. The number of aromatic nitrogens is 2. The van der Waals surface area contributed by atoms with E-state index in [1.54, 1.807) is 18.4 Å². The zero-order valence-electron chi connectivity index (χ0n) is 5.32. The average Bonchev–Trinajstić information content (AvgIpc) is 2.55. The van der Waals surface area contributed by atoms with Gasteiger partial charge in [0.1, 0.15) is 0 Å². The van der Waals surface area contributed by atoms with E-state index in [2.05, 4.69) is 10.1 Å². The molecule has 0 saturated carbocycles. The molecule has 0 saturated heterocycles. The highest BCUT2D eigenvalue weighted by molar-refractivity contribution is 14.1. The van der Waals surface area contributed by atoms with Crippen molar-refractivity contribution in [2.45, 2.75) is 0 Å². The lowest BCUT2D eigenvalue weighted by Crippen LogP contribution is -1.72. The summed E-state index contributed by atoms with van der Waals surface area (Å²) in [6.07, 6.45) is 1.56. The van der Waals surface area contributed by atoms with Gasteiger partial charge < -0.3 is 8.94 Å². The van der Waals surface area contributed by atoms with Crippen molar-refractivity contribution in [2.24, 2.45) is 0 Å². The molecule has 0 unspecified atom stereocenters. The predicted molar refractivity (Wildman–Crippen MR) is 44.7 cm³/mol. The molecule has 0 atom stereocenters. The van der Waals surface area contributed by atoms with Crippen molar-refractivity contribution in [1.29, 1.82) is 0 Å². The topological polar surface area (TPSA) is 52.1 Å². The molecule has 2 aromatic heterocycles. The van der Waals surface area contributed by atoms with Crippen LogP contribution in [0, 0.1) is 3.83 Å². The van der Waals surface area contributed by atoms with Gasteiger partial charge in [-0.25, -0.2) is 0 Å². The molecule has 2 aromatic rings. The SMILES string of the molecule is Ic1noc(-c2ccco2)n1. The Morgan fingerprint density at radius 1 is 1.45 bits per heavy atom. The molecule has 0 amide bonds. The van der Waals surface area contributed by atoms with Crippen LogP contribution in [0.15, 0.2) is 27.3 Å². The molecule has 0 radical (unpaired) electrons. The molecular weight excluding hydrogens is 259 g/mol. The highest BCUT2D eigenvalue weighted by Crippen LogP contribution is 2.17. The molecule has 5 heteroatoms. The van der Waals surface area contributed by atoms with E-state index >= 15 is 0 Å². The second-order valence-corrected chi connectivity index (χ2v) is 2.81. The summed E-state index contributed by atoms with van der Waals surface area (Å²) >= 11 is 1.97. The maximum absolute atomic E-state index is 5.03. The standard InChI is InChI=1S/C6H3IN2O2/c7-6-8-5(11-9-6)4-2-1-3-10-4/h1-3H. The van der Waals surface area contributed by atoms with E-state index in [1.807, 2.05) is 22.6 Å². The average molecular weight is 262 g/mol. The molecule has 56 valence electrons. The molecule has 11 heavy (non-hydrogen) atoms. The minimum Gasteiger partial charge on any atom is -0.459 e. The van der Waals surface area contributed by atoms with Crippen LogP contribution in [0.1, 0.15) is 0 Å². The highest BCUT2D eigenvalue weighted by atomic mass is 127. The van der Waals surface area contributed by atoms with Crippen molar-refractivity contribution in [3.63, 3.8) is 0 Å².